The average Bonchev–Trinajstić information content (AvgIpc) is 3.24. The predicted octanol–water partition coefficient (Wildman–Crippen LogP) is 3.96. The summed E-state index contributed by atoms with van der Waals surface area (Å²) in [5.74, 6) is -0.334. The molecule has 1 saturated carbocycles. The number of fused-ring (bicyclic) bond motifs is 1. The molecule has 2 amide bonds. The van der Waals surface area contributed by atoms with Gasteiger partial charge in [0.05, 0.1) is 10.8 Å². The molecule has 0 spiro atoms. The smallest absolute Gasteiger partial charge is 0.243 e. The lowest BCUT2D eigenvalue weighted by Crippen LogP contribution is -2.39. The summed E-state index contributed by atoms with van der Waals surface area (Å²) in [7, 11) is -3.60. The lowest BCUT2D eigenvalue weighted by Gasteiger charge is -2.22. The Morgan fingerprint density at radius 3 is 2.22 bits per heavy atom. The number of amides is 2. The monoisotopic (exact) mass is 452 g/mol. The van der Waals surface area contributed by atoms with Gasteiger partial charge in [0.1, 0.15) is 0 Å². The minimum Gasteiger partial charge on any atom is -0.296 e. The van der Waals surface area contributed by atoms with Gasteiger partial charge in [-0.1, -0.05) is 49.6 Å². The molecule has 7 heteroatoms. The average molecular weight is 453 g/mol. The number of sulfonamides is 1. The number of nitrogens with one attached hydrogen (secondary N) is 1. The molecule has 1 unspecified atom stereocenters. The summed E-state index contributed by atoms with van der Waals surface area (Å²) >= 11 is 0. The summed E-state index contributed by atoms with van der Waals surface area (Å²) in [4.78, 5) is 24.0. The van der Waals surface area contributed by atoms with Crippen LogP contribution in [-0.2, 0) is 32.7 Å². The SMILES string of the molecule is O=C1CCC(c2ccc3c(c2)CN(S(=O)(=O)c2ccc(C4CCCCC4)cc2)C3)C(=O)N1. The van der Waals surface area contributed by atoms with Crippen LogP contribution in [0.25, 0.3) is 0 Å². The van der Waals surface area contributed by atoms with Crippen molar-refractivity contribution >= 4 is 21.8 Å². The van der Waals surface area contributed by atoms with Crippen LogP contribution in [0, 0.1) is 0 Å². The second-order valence-corrected chi connectivity index (χ2v) is 11.1. The van der Waals surface area contributed by atoms with E-state index in [1.807, 2.05) is 30.3 Å². The summed E-state index contributed by atoms with van der Waals surface area (Å²) in [5.41, 5.74) is 3.96. The van der Waals surface area contributed by atoms with E-state index in [0.717, 1.165) is 16.7 Å². The number of carbonyl (C=O) groups is 2. The molecule has 1 aliphatic carbocycles. The normalized spacial score (nSPS) is 22.6. The van der Waals surface area contributed by atoms with Gasteiger partial charge in [0.25, 0.3) is 0 Å². The fraction of sp³-hybridized carbons (Fsp3) is 0.440. The molecule has 0 radical (unpaired) electrons. The van der Waals surface area contributed by atoms with E-state index in [1.165, 1.54) is 42.0 Å². The minimum absolute atomic E-state index is 0.237. The third-order valence-corrected chi connectivity index (χ3v) is 8.97. The van der Waals surface area contributed by atoms with E-state index in [0.29, 0.717) is 36.7 Å². The maximum atomic E-state index is 13.3. The zero-order valence-electron chi connectivity index (χ0n) is 18.0. The van der Waals surface area contributed by atoms with Crippen LogP contribution in [0.5, 0.6) is 0 Å². The highest BCUT2D eigenvalue weighted by Crippen LogP contribution is 2.35. The van der Waals surface area contributed by atoms with Gasteiger partial charge in [-0.15, -0.1) is 0 Å². The lowest BCUT2D eigenvalue weighted by atomic mass is 9.84. The Morgan fingerprint density at radius 2 is 1.50 bits per heavy atom. The Balaban J connectivity index is 1.32. The van der Waals surface area contributed by atoms with E-state index < -0.39 is 10.0 Å². The predicted molar refractivity (Wildman–Crippen MR) is 120 cm³/mol. The number of carbonyl (C=O) groups excluding carboxylic acids is 2. The molecule has 2 heterocycles. The van der Waals surface area contributed by atoms with Gasteiger partial charge in [0, 0.05) is 19.5 Å². The highest BCUT2D eigenvalue weighted by Gasteiger charge is 2.33. The molecule has 3 aliphatic rings. The molecule has 2 aliphatic heterocycles. The van der Waals surface area contributed by atoms with E-state index >= 15 is 0 Å². The topological polar surface area (TPSA) is 83.6 Å². The van der Waals surface area contributed by atoms with Gasteiger partial charge in [-0.3, -0.25) is 14.9 Å². The van der Waals surface area contributed by atoms with Gasteiger partial charge in [-0.25, -0.2) is 8.42 Å². The van der Waals surface area contributed by atoms with Gasteiger partial charge in [-0.05, 0) is 59.6 Å². The van der Waals surface area contributed by atoms with Crippen LogP contribution >= 0.6 is 0 Å². The molecule has 1 saturated heterocycles. The Labute approximate surface area is 189 Å². The number of rotatable bonds is 4. The van der Waals surface area contributed by atoms with Gasteiger partial charge in [0.15, 0.2) is 0 Å². The number of hydrogen-bond donors (Lipinski definition) is 1. The van der Waals surface area contributed by atoms with E-state index in [-0.39, 0.29) is 17.7 Å². The summed E-state index contributed by atoms with van der Waals surface area (Å²) in [5, 5.41) is 2.39. The first-order valence-corrected chi connectivity index (χ1v) is 12.9. The van der Waals surface area contributed by atoms with E-state index in [1.54, 1.807) is 12.1 Å². The van der Waals surface area contributed by atoms with Crippen LogP contribution in [0.1, 0.15) is 79.0 Å². The number of hydrogen-bond acceptors (Lipinski definition) is 4. The van der Waals surface area contributed by atoms with Gasteiger partial charge in [0.2, 0.25) is 21.8 Å². The lowest BCUT2D eigenvalue weighted by molar-refractivity contribution is -0.134. The van der Waals surface area contributed by atoms with Crippen molar-refractivity contribution in [3.05, 3.63) is 64.7 Å². The van der Waals surface area contributed by atoms with E-state index in [9.17, 15) is 18.0 Å². The number of benzene rings is 2. The summed E-state index contributed by atoms with van der Waals surface area (Å²) < 4.78 is 28.1. The quantitative estimate of drug-likeness (QED) is 0.712. The van der Waals surface area contributed by atoms with Crippen molar-refractivity contribution in [3.63, 3.8) is 0 Å². The Hall–Kier alpha value is -2.51. The summed E-state index contributed by atoms with van der Waals surface area (Å²) in [6.45, 7) is 0.626. The standard InChI is InChI=1S/C25H28N2O4S/c28-24-13-12-23(25(29)26-24)19-6-7-20-15-27(16-21(20)14-19)32(30,31)22-10-8-18(9-11-22)17-4-2-1-3-5-17/h6-11,14,17,23H,1-5,12-13,15-16H2,(H,26,28,29). The van der Waals surface area contributed by atoms with Crippen molar-refractivity contribution in [1.82, 2.24) is 9.62 Å². The van der Waals surface area contributed by atoms with Gasteiger partial charge >= 0.3 is 0 Å². The molecular formula is C25H28N2O4S. The molecular weight excluding hydrogens is 424 g/mol. The maximum Gasteiger partial charge on any atom is 0.243 e. The zero-order valence-corrected chi connectivity index (χ0v) is 18.9. The molecule has 0 bridgehead atoms. The minimum atomic E-state index is -3.60. The maximum absolute atomic E-state index is 13.3. The van der Waals surface area contributed by atoms with Crippen molar-refractivity contribution in [3.8, 4) is 0 Å². The van der Waals surface area contributed by atoms with Crippen molar-refractivity contribution in [2.45, 2.75) is 74.8 Å². The van der Waals surface area contributed by atoms with E-state index in [2.05, 4.69) is 5.32 Å². The number of nitrogens with zero attached hydrogens (tertiary/aromatic N) is 1. The third-order valence-electron chi connectivity index (χ3n) is 7.16. The van der Waals surface area contributed by atoms with Gasteiger partial charge in [-0.2, -0.15) is 4.31 Å². The molecule has 32 heavy (non-hydrogen) atoms. The largest absolute Gasteiger partial charge is 0.296 e. The number of piperidine rings is 1. The van der Waals surface area contributed by atoms with Crippen LogP contribution in [0.2, 0.25) is 0 Å². The molecule has 2 fully saturated rings. The highest BCUT2D eigenvalue weighted by molar-refractivity contribution is 7.89. The van der Waals surface area contributed by atoms with E-state index in [4.69, 9.17) is 0 Å². The second-order valence-electron chi connectivity index (χ2n) is 9.21. The third kappa shape index (κ3) is 3.99. The molecule has 1 N–H and O–H groups in total. The molecule has 1 atom stereocenters. The van der Waals surface area contributed by atoms with Crippen LogP contribution in [0.15, 0.2) is 47.4 Å². The molecule has 2 aromatic rings. The first-order valence-electron chi connectivity index (χ1n) is 11.5. The van der Waals surface area contributed by atoms with Crippen LogP contribution in [-0.4, -0.2) is 24.5 Å². The van der Waals surface area contributed by atoms with Crippen LogP contribution < -0.4 is 5.32 Å². The van der Waals surface area contributed by atoms with Crippen molar-refractivity contribution in [2.24, 2.45) is 0 Å². The summed E-state index contributed by atoms with van der Waals surface area (Å²) in [6.07, 6.45) is 6.97. The molecule has 168 valence electrons. The fourth-order valence-corrected chi connectivity index (χ4v) is 6.67. The van der Waals surface area contributed by atoms with Crippen LogP contribution in [0.4, 0.5) is 0 Å². The summed E-state index contributed by atoms with van der Waals surface area (Å²) in [6, 6.07) is 13.2. The second kappa shape index (κ2) is 8.45. The fourth-order valence-electron chi connectivity index (χ4n) is 5.28. The van der Waals surface area contributed by atoms with Crippen molar-refractivity contribution in [2.75, 3.05) is 0 Å². The Morgan fingerprint density at radius 1 is 0.812 bits per heavy atom. The highest BCUT2D eigenvalue weighted by atomic mass is 32.2. The zero-order chi connectivity index (χ0) is 22.3. The first kappa shape index (κ1) is 21.3. The number of imide groups is 1. The molecule has 6 nitrogen and oxygen atoms in total. The van der Waals surface area contributed by atoms with Gasteiger partial charge < -0.3 is 0 Å². The molecule has 2 aromatic carbocycles. The Kier molecular flexibility index (Phi) is 5.63. The van der Waals surface area contributed by atoms with Crippen molar-refractivity contribution < 1.29 is 18.0 Å². The van der Waals surface area contributed by atoms with Crippen molar-refractivity contribution in [1.29, 1.82) is 0 Å². The first-order chi connectivity index (χ1) is 15.4. The molecule has 5 rings (SSSR count). The van der Waals surface area contributed by atoms with Crippen LogP contribution in [0.3, 0.4) is 0 Å². The molecule has 0 aromatic heterocycles. The Bertz CT molecular complexity index is 1150.